The fourth-order valence-corrected chi connectivity index (χ4v) is 1.71. The molecule has 0 amide bonds. The maximum atomic E-state index is 9.15. The Morgan fingerprint density at radius 1 is 1.11 bits per heavy atom. The molecule has 0 spiro atoms. The number of halogens is 1. The van der Waals surface area contributed by atoms with Crippen molar-refractivity contribution in [3.63, 3.8) is 0 Å². The van der Waals surface area contributed by atoms with E-state index < -0.39 is 0 Å². The maximum absolute atomic E-state index is 9.15. The van der Waals surface area contributed by atoms with Crippen LogP contribution in [0.5, 0.6) is 5.75 Å². The number of phenolic OH excluding ortho intramolecular Hbond substituents is 1. The molecule has 0 aliphatic rings. The number of nitrogens with one attached hydrogen (secondary N) is 1. The summed E-state index contributed by atoms with van der Waals surface area (Å²) in [5, 5.41) is 13.9. The number of hydrogen-bond acceptors (Lipinski definition) is 3. The van der Waals surface area contributed by atoms with Crippen LogP contribution >= 0.6 is 23.8 Å². The number of phenols is 1. The molecule has 2 aromatic carbocycles. The number of benzene rings is 2. The Bertz CT molecular complexity index is 594. The van der Waals surface area contributed by atoms with Crippen molar-refractivity contribution in [1.82, 2.24) is 5.43 Å². The van der Waals surface area contributed by atoms with Gasteiger partial charge in [0.05, 0.1) is 6.21 Å². The molecule has 2 aromatic rings. The number of nitrogens with zero attached hydrogens (tertiary/aromatic N) is 1. The fourth-order valence-electron chi connectivity index (χ4n) is 1.39. The molecule has 2 rings (SSSR count). The first-order valence-corrected chi connectivity index (χ1v) is 6.32. The van der Waals surface area contributed by atoms with Crippen LogP contribution in [0.3, 0.4) is 0 Å². The molecule has 5 heteroatoms. The van der Waals surface area contributed by atoms with E-state index in [1.807, 2.05) is 12.1 Å². The molecule has 0 atom stereocenters. The van der Waals surface area contributed by atoms with Gasteiger partial charge in [0.25, 0.3) is 0 Å². The summed E-state index contributed by atoms with van der Waals surface area (Å²) in [4.78, 5) is 0.520. The van der Waals surface area contributed by atoms with E-state index in [2.05, 4.69) is 10.5 Å². The highest BCUT2D eigenvalue weighted by atomic mass is 35.5. The second-order valence-corrected chi connectivity index (χ2v) is 4.64. The summed E-state index contributed by atoms with van der Waals surface area (Å²) in [7, 11) is 0. The molecule has 0 aromatic heterocycles. The lowest BCUT2D eigenvalue weighted by Gasteiger charge is -2.02. The van der Waals surface area contributed by atoms with E-state index in [0.717, 1.165) is 11.1 Å². The van der Waals surface area contributed by atoms with E-state index in [0.29, 0.717) is 10.0 Å². The molecule has 3 nitrogen and oxygen atoms in total. The molecule has 0 aliphatic heterocycles. The summed E-state index contributed by atoms with van der Waals surface area (Å²) >= 11 is 11.0. The number of hydrazone groups is 1. The van der Waals surface area contributed by atoms with E-state index in [1.165, 1.54) is 0 Å². The Hall–Kier alpha value is -1.91. The van der Waals surface area contributed by atoms with Gasteiger partial charge in [-0.2, -0.15) is 5.10 Å². The molecule has 0 saturated heterocycles. The zero-order valence-electron chi connectivity index (χ0n) is 9.88. The van der Waals surface area contributed by atoms with Crippen molar-refractivity contribution >= 4 is 35.0 Å². The van der Waals surface area contributed by atoms with E-state index in [9.17, 15) is 0 Å². The Balaban J connectivity index is 1.96. The standard InChI is InChI=1S/C14H11ClN2OS/c15-12-5-3-11(4-6-12)14(19)17-16-9-10-1-7-13(18)8-2-10/h1-9,18H,(H,17,19)/b16-9+. The zero-order chi connectivity index (χ0) is 13.7. The second kappa shape index (κ2) is 6.31. The Morgan fingerprint density at radius 3 is 2.37 bits per heavy atom. The van der Waals surface area contributed by atoms with Gasteiger partial charge < -0.3 is 5.11 Å². The lowest BCUT2D eigenvalue weighted by molar-refractivity contribution is 0.475. The Morgan fingerprint density at radius 2 is 1.74 bits per heavy atom. The molecule has 0 unspecified atom stereocenters. The van der Waals surface area contributed by atoms with Gasteiger partial charge in [0.2, 0.25) is 0 Å². The van der Waals surface area contributed by atoms with Gasteiger partial charge in [0.1, 0.15) is 10.7 Å². The lowest BCUT2D eigenvalue weighted by Crippen LogP contribution is -2.16. The predicted octanol–water partition coefficient (Wildman–Crippen LogP) is 3.34. The average molecular weight is 291 g/mol. The fraction of sp³-hybridized carbons (Fsp3) is 0. The molecule has 0 saturated carbocycles. The first kappa shape index (κ1) is 13.5. The van der Waals surface area contributed by atoms with E-state index in [4.69, 9.17) is 28.9 Å². The number of rotatable bonds is 3. The van der Waals surface area contributed by atoms with Crippen LogP contribution in [0.25, 0.3) is 0 Å². The molecule has 2 N–H and O–H groups in total. The lowest BCUT2D eigenvalue weighted by atomic mass is 10.2. The third kappa shape index (κ3) is 4.05. The Labute approximate surface area is 121 Å². The summed E-state index contributed by atoms with van der Waals surface area (Å²) in [5.41, 5.74) is 4.49. The molecule has 19 heavy (non-hydrogen) atoms. The topological polar surface area (TPSA) is 44.6 Å². The summed E-state index contributed by atoms with van der Waals surface area (Å²) in [5.74, 6) is 0.224. The third-order valence-corrected chi connectivity index (χ3v) is 2.96. The van der Waals surface area contributed by atoms with Crippen molar-refractivity contribution in [3.05, 3.63) is 64.7 Å². The third-order valence-electron chi connectivity index (χ3n) is 2.38. The van der Waals surface area contributed by atoms with E-state index in [1.54, 1.807) is 42.6 Å². The minimum atomic E-state index is 0.224. The van der Waals surface area contributed by atoms with Gasteiger partial charge >= 0.3 is 0 Å². The monoisotopic (exact) mass is 290 g/mol. The number of hydrogen-bond donors (Lipinski definition) is 2. The molecule has 0 heterocycles. The average Bonchev–Trinajstić information content (AvgIpc) is 2.41. The van der Waals surface area contributed by atoms with Crippen molar-refractivity contribution in [1.29, 1.82) is 0 Å². The number of thiocarbonyl (C=S) groups is 1. The van der Waals surface area contributed by atoms with Crippen LogP contribution in [0.2, 0.25) is 5.02 Å². The van der Waals surface area contributed by atoms with Crippen molar-refractivity contribution in [2.75, 3.05) is 0 Å². The largest absolute Gasteiger partial charge is 0.508 e. The molecular weight excluding hydrogens is 280 g/mol. The minimum absolute atomic E-state index is 0.224. The highest BCUT2D eigenvalue weighted by Crippen LogP contribution is 2.10. The second-order valence-electron chi connectivity index (χ2n) is 3.80. The molecule has 0 bridgehead atoms. The quantitative estimate of drug-likeness (QED) is 0.518. The Kier molecular flexibility index (Phi) is 4.49. The van der Waals surface area contributed by atoms with Crippen LogP contribution in [0.1, 0.15) is 11.1 Å². The van der Waals surface area contributed by atoms with Crippen LogP contribution in [0, 0.1) is 0 Å². The normalized spacial score (nSPS) is 10.6. The van der Waals surface area contributed by atoms with E-state index in [-0.39, 0.29) is 5.75 Å². The minimum Gasteiger partial charge on any atom is -0.508 e. The van der Waals surface area contributed by atoms with E-state index >= 15 is 0 Å². The van der Waals surface area contributed by atoms with Crippen molar-refractivity contribution in [3.8, 4) is 5.75 Å². The van der Waals surface area contributed by atoms with Crippen molar-refractivity contribution in [2.45, 2.75) is 0 Å². The van der Waals surface area contributed by atoms with Crippen LogP contribution in [0.4, 0.5) is 0 Å². The van der Waals surface area contributed by atoms with Gasteiger partial charge in [-0.25, -0.2) is 0 Å². The van der Waals surface area contributed by atoms with Gasteiger partial charge in [-0.3, -0.25) is 5.43 Å². The molecule has 0 radical (unpaired) electrons. The molecule has 96 valence electrons. The van der Waals surface area contributed by atoms with Crippen LogP contribution in [0.15, 0.2) is 53.6 Å². The van der Waals surface area contributed by atoms with Gasteiger partial charge in [0, 0.05) is 10.6 Å². The highest BCUT2D eigenvalue weighted by molar-refractivity contribution is 7.80. The van der Waals surface area contributed by atoms with Gasteiger partial charge in [-0.15, -0.1) is 0 Å². The van der Waals surface area contributed by atoms with Gasteiger partial charge in [-0.05, 0) is 42.0 Å². The van der Waals surface area contributed by atoms with Crippen LogP contribution in [-0.2, 0) is 0 Å². The predicted molar refractivity (Wildman–Crippen MR) is 82.0 cm³/mol. The molecular formula is C14H11ClN2OS. The zero-order valence-corrected chi connectivity index (χ0v) is 11.4. The summed E-state index contributed by atoms with van der Waals surface area (Å²) in [6, 6.07) is 13.9. The molecule has 0 aliphatic carbocycles. The summed E-state index contributed by atoms with van der Waals surface area (Å²) in [6.07, 6.45) is 1.63. The maximum Gasteiger partial charge on any atom is 0.126 e. The highest BCUT2D eigenvalue weighted by Gasteiger charge is 1.98. The summed E-state index contributed by atoms with van der Waals surface area (Å²) < 4.78 is 0. The molecule has 0 fully saturated rings. The van der Waals surface area contributed by atoms with Crippen LogP contribution < -0.4 is 5.43 Å². The van der Waals surface area contributed by atoms with Gasteiger partial charge in [0.15, 0.2) is 0 Å². The first-order chi connectivity index (χ1) is 9.15. The SMILES string of the molecule is Oc1ccc(/C=N/NC(=S)c2ccc(Cl)cc2)cc1. The number of aromatic hydroxyl groups is 1. The van der Waals surface area contributed by atoms with Gasteiger partial charge in [-0.1, -0.05) is 36.0 Å². The van der Waals surface area contributed by atoms with Crippen LogP contribution in [-0.4, -0.2) is 16.3 Å². The van der Waals surface area contributed by atoms with Crippen molar-refractivity contribution in [2.24, 2.45) is 5.10 Å². The smallest absolute Gasteiger partial charge is 0.126 e. The summed E-state index contributed by atoms with van der Waals surface area (Å²) in [6.45, 7) is 0. The first-order valence-electron chi connectivity index (χ1n) is 5.53. The van der Waals surface area contributed by atoms with Crippen molar-refractivity contribution < 1.29 is 5.11 Å².